The van der Waals surface area contributed by atoms with Crippen LogP contribution in [-0.4, -0.2) is 13.7 Å². The number of unbranched alkanes of at least 4 members (excludes halogenated alkanes) is 2. The van der Waals surface area contributed by atoms with Gasteiger partial charge in [-0.05, 0) is 42.8 Å². The van der Waals surface area contributed by atoms with Crippen LogP contribution >= 0.6 is 47.2 Å². The molecule has 0 saturated heterocycles. The number of hydrogen-bond donors (Lipinski definition) is 1. The molecular formula is C20H25Cl4NO2. The van der Waals surface area contributed by atoms with Gasteiger partial charge < -0.3 is 14.8 Å². The molecule has 3 nitrogen and oxygen atoms in total. The van der Waals surface area contributed by atoms with Crippen molar-refractivity contribution >= 4 is 47.2 Å². The van der Waals surface area contributed by atoms with Crippen LogP contribution in [0.2, 0.25) is 15.1 Å². The van der Waals surface area contributed by atoms with Gasteiger partial charge in [-0.1, -0.05) is 60.6 Å². The van der Waals surface area contributed by atoms with Gasteiger partial charge in [0.05, 0.1) is 12.1 Å². The van der Waals surface area contributed by atoms with Crippen molar-refractivity contribution in [3.8, 4) is 11.5 Å². The molecule has 0 aliphatic rings. The first-order chi connectivity index (χ1) is 12.5. The summed E-state index contributed by atoms with van der Waals surface area (Å²) in [4.78, 5) is 0. The first-order valence-corrected chi connectivity index (χ1v) is 9.82. The highest BCUT2D eigenvalue weighted by molar-refractivity contribution is 6.35. The molecule has 0 spiro atoms. The normalized spacial score (nSPS) is 10.4. The van der Waals surface area contributed by atoms with Gasteiger partial charge in [0.25, 0.3) is 0 Å². The lowest BCUT2D eigenvalue weighted by Crippen LogP contribution is -2.14. The van der Waals surface area contributed by atoms with Crippen LogP contribution in [0.3, 0.4) is 0 Å². The monoisotopic (exact) mass is 451 g/mol. The average Bonchev–Trinajstić information content (AvgIpc) is 2.61. The van der Waals surface area contributed by atoms with Crippen LogP contribution < -0.4 is 14.8 Å². The molecule has 0 saturated carbocycles. The zero-order chi connectivity index (χ0) is 18.9. The molecule has 0 atom stereocenters. The van der Waals surface area contributed by atoms with Crippen molar-refractivity contribution < 1.29 is 9.47 Å². The Kier molecular flexibility index (Phi) is 11.3. The van der Waals surface area contributed by atoms with E-state index in [1.807, 2.05) is 18.2 Å². The van der Waals surface area contributed by atoms with Gasteiger partial charge in [0, 0.05) is 22.2 Å². The molecule has 0 unspecified atom stereocenters. The summed E-state index contributed by atoms with van der Waals surface area (Å²) in [5.74, 6) is 1.11. The van der Waals surface area contributed by atoms with Crippen LogP contribution in [0.5, 0.6) is 11.5 Å². The van der Waals surface area contributed by atoms with Gasteiger partial charge in [0.1, 0.15) is 6.61 Å². The minimum absolute atomic E-state index is 0. The van der Waals surface area contributed by atoms with Gasteiger partial charge in [-0.15, -0.1) is 12.4 Å². The maximum Gasteiger partial charge on any atom is 0.180 e. The predicted molar refractivity (Wildman–Crippen MR) is 117 cm³/mol. The third-order valence-electron chi connectivity index (χ3n) is 3.96. The van der Waals surface area contributed by atoms with E-state index in [1.165, 1.54) is 19.3 Å². The van der Waals surface area contributed by atoms with Crippen LogP contribution in [0.25, 0.3) is 0 Å². The lowest BCUT2D eigenvalue weighted by Gasteiger charge is -2.15. The van der Waals surface area contributed by atoms with Crippen molar-refractivity contribution in [1.29, 1.82) is 0 Å². The van der Waals surface area contributed by atoms with Gasteiger partial charge in [0.2, 0.25) is 0 Å². The Balaban J connectivity index is 0.00000364. The Morgan fingerprint density at radius 2 is 1.78 bits per heavy atom. The molecule has 150 valence electrons. The minimum atomic E-state index is 0. The Hall–Kier alpha value is -0.840. The molecule has 2 rings (SSSR count). The molecule has 0 bridgehead atoms. The molecule has 0 amide bonds. The molecule has 2 aromatic rings. The van der Waals surface area contributed by atoms with Gasteiger partial charge in [0.15, 0.2) is 11.5 Å². The summed E-state index contributed by atoms with van der Waals surface area (Å²) < 4.78 is 11.3. The van der Waals surface area contributed by atoms with Gasteiger partial charge in [-0.2, -0.15) is 0 Å². The summed E-state index contributed by atoms with van der Waals surface area (Å²) in [6.45, 7) is 4.20. The second kappa shape index (κ2) is 12.6. The number of benzene rings is 2. The Morgan fingerprint density at radius 1 is 1.00 bits per heavy atom. The van der Waals surface area contributed by atoms with Crippen molar-refractivity contribution in [3.63, 3.8) is 0 Å². The number of methoxy groups -OCH3 is 1. The summed E-state index contributed by atoms with van der Waals surface area (Å²) in [5.41, 5.74) is 1.89. The largest absolute Gasteiger partial charge is 0.493 e. The minimum Gasteiger partial charge on any atom is -0.493 e. The molecule has 27 heavy (non-hydrogen) atoms. The van der Waals surface area contributed by atoms with Crippen LogP contribution in [0.1, 0.15) is 37.3 Å². The van der Waals surface area contributed by atoms with Gasteiger partial charge in [-0.3, -0.25) is 0 Å². The average molecular weight is 453 g/mol. The summed E-state index contributed by atoms with van der Waals surface area (Å²) in [7, 11) is 1.60. The second-order valence-electron chi connectivity index (χ2n) is 6.02. The standard InChI is InChI=1S/C20H24Cl3NO2.ClH/c1-3-4-5-8-24-12-14-9-18(23)20(19(10-14)25-2)26-13-15-6-7-16(21)11-17(15)22;/h6-7,9-11,24H,3-5,8,12-13H2,1-2H3;1H. The highest BCUT2D eigenvalue weighted by Crippen LogP contribution is 2.37. The predicted octanol–water partition coefficient (Wildman–Crippen LogP) is 6.94. The highest BCUT2D eigenvalue weighted by atomic mass is 35.5. The van der Waals surface area contributed by atoms with Crippen molar-refractivity contribution in [2.45, 2.75) is 39.3 Å². The van der Waals surface area contributed by atoms with E-state index >= 15 is 0 Å². The van der Waals surface area contributed by atoms with E-state index in [2.05, 4.69) is 12.2 Å². The van der Waals surface area contributed by atoms with Crippen LogP contribution in [0.15, 0.2) is 30.3 Å². The topological polar surface area (TPSA) is 30.5 Å². The lowest BCUT2D eigenvalue weighted by molar-refractivity contribution is 0.284. The number of halogens is 4. The van der Waals surface area contributed by atoms with E-state index in [0.29, 0.717) is 26.6 Å². The van der Waals surface area contributed by atoms with Crippen LogP contribution in [0.4, 0.5) is 0 Å². The molecular weight excluding hydrogens is 428 g/mol. The van der Waals surface area contributed by atoms with E-state index in [-0.39, 0.29) is 19.0 Å². The van der Waals surface area contributed by atoms with E-state index in [4.69, 9.17) is 44.3 Å². The second-order valence-corrected chi connectivity index (χ2v) is 7.27. The van der Waals surface area contributed by atoms with E-state index in [9.17, 15) is 0 Å². The summed E-state index contributed by atoms with van der Waals surface area (Å²) in [6, 6.07) is 9.14. The third kappa shape index (κ3) is 7.59. The van der Waals surface area contributed by atoms with Crippen molar-refractivity contribution in [3.05, 3.63) is 56.5 Å². The molecule has 0 fully saturated rings. The van der Waals surface area contributed by atoms with Crippen LogP contribution in [0, 0.1) is 0 Å². The van der Waals surface area contributed by atoms with E-state index < -0.39 is 0 Å². The number of hydrogen-bond acceptors (Lipinski definition) is 3. The third-order valence-corrected chi connectivity index (χ3v) is 4.83. The first kappa shape index (κ1) is 24.2. The molecule has 1 N–H and O–H groups in total. The first-order valence-electron chi connectivity index (χ1n) is 8.69. The number of nitrogens with one attached hydrogen (secondary N) is 1. The Labute approximate surface area is 182 Å². The zero-order valence-electron chi connectivity index (χ0n) is 15.5. The molecule has 0 aliphatic carbocycles. The Morgan fingerprint density at radius 3 is 2.44 bits per heavy atom. The maximum absolute atomic E-state index is 6.42. The molecule has 2 aromatic carbocycles. The molecule has 0 aliphatic heterocycles. The number of rotatable bonds is 10. The van der Waals surface area contributed by atoms with E-state index in [0.717, 1.165) is 24.2 Å². The number of ether oxygens (including phenoxy) is 2. The fraction of sp³-hybridized carbons (Fsp3) is 0.400. The van der Waals surface area contributed by atoms with Crippen LogP contribution in [-0.2, 0) is 13.2 Å². The van der Waals surface area contributed by atoms with Crippen molar-refractivity contribution in [2.24, 2.45) is 0 Å². The van der Waals surface area contributed by atoms with Gasteiger partial charge in [-0.25, -0.2) is 0 Å². The van der Waals surface area contributed by atoms with Crippen molar-refractivity contribution in [2.75, 3.05) is 13.7 Å². The summed E-state index contributed by atoms with van der Waals surface area (Å²) in [5, 5.41) is 5.08. The molecule has 0 aromatic heterocycles. The lowest BCUT2D eigenvalue weighted by atomic mass is 10.2. The zero-order valence-corrected chi connectivity index (χ0v) is 18.6. The van der Waals surface area contributed by atoms with E-state index in [1.54, 1.807) is 19.2 Å². The Bertz CT molecular complexity index is 725. The smallest absolute Gasteiger partial charge is 0.180 e. The van der Waals surface area contributed by atoms with Crippen molar-refractivity contribution in [1.82, 2.24) is 5.32 Å². The highest BCUT2D eigenvalue weighted by Gasteiger charge is 2.13. The van der Waals surface area contributed by atoms with Gasteiger partial charge >= 0.3 is 0 Å². The SMILES string of the molecule is CCCCCNCc1cc(Cl)c(OCc2ccc(Cl)cc2Cl)c(OC)c1.Cl. The molecule has 0 heterocycles. The fourth-order valence-corrected chi connectivity index (χ4v) is 3.29. The fourth-order valence-electron chi connectivity index (χ4n) is 2.54. The maximum atomic E-state index is 6.42. The quantitative estimate of drug-likeness (QED) is 0.396. The summed E-state index contributed by atoms with van der Waals surface area (Å²) in [6.07, 6.45) is 3.62. The molecule has 0 radical (unpaired) electrons. The summed E-state index contributed by atoms with van der Waals surface area (Å²) >= 11 is 18.5. The molecule has 7 heteroatoms.